The second kappa shape index (κ2) is 5.62. The van der Waals surface area contributed by atoms with Crippen LogP contribution in [0.4, 0.5) is 0 Å². The molecule has 0 saturated carbocycles. The van der Waals surface area contributed by atoms with Crippen molar-refractivity contribution in [3.05, 3.63) is 28.8 Å². The first-order valence-corrected chi connectivity index (χ1v) is 7.06. The Bertz CT molecular complexity index is 646. The van der Waals surface area contributed by atoms with Crippen LogP contribution in [0.5, 0.6) is 0 Å². The van der Waals surface area contributed by atoms with Crippen LogP contribution < -0.4 is 0 Å². The molecule has 2 aromatic heterocycles. The predicted molar refractivity (Wildman–Crippen MR) is 76.3 cm³/mol. The number of aromatic nitrogens is 4. The van der Waals surface area contributed by atoms with Crippen LogP contribution in [0.1, 0.15) is 46.0 Å². The lowest BCUT2D eigenvalue weighted by molar-refractivity contribution is 0.0988. The van der Waals surface area contributed by atoms with Crippen LogP contribution in [0.15, 0.2) is 11.5 Å². The molecule has 1 atom stereocenters. The van der Waals surface area contributed by atoms with E-state index in [-0.39, 0.29) is 16.8 Å². The summed E-state index contributed by atoms with van der Waals surface area (Å²) in [4.78, 5) is 31.1. The molecule has 0 aliphatic heterocycles. The Labute approximate surface area is 120 Å². The zero-order chi connectivity index (χ0) is 14.9. The largest absolute Gasteiger partial charge is 0.355 e. The summed E-state index contributed by atoms with van der Waals surface area (Å²) >= 11 is 1.30. The fourth-order valence-electron chi connectivity index (χ4n) is 2.20. The summed E-state index contributed by atoms with van der Waals surface area (Å²) in [5.74, 6) is -0.0923. The van der Waals surface area contributed by atoms with Gasteiger partial charge in [0.25, 0.3) is 0 Å². The zero-order valence-electron chi connectivity index (χ0n) is 11.8. The molecule has 0 aliphatic carbocycles. The number of thioether (sulfide) groups is 1. The lowest BCUT2D eigenvalue weighted by Gasteiger charge is -2.07. The summed E-state index contributed by atoms with van der Waals surface area (Å²) in [6.45, 7) is 6.90. The second-order valence-corrected chi connectivity index (χ2v) is 5.93. The Morgan fingerprint density at radius 1 is 1.35 bits per heavy atom. The summed E-state index contributed by atoms with van der Waals surface area (Å²) in [5, 5.41) is 6.73. The Hall–Kier alpha value is -1.89. The average molecular weight is 292 g/mol. The molecule has 0 fully saturated rings. The number of nitrogens with one attached hydrogen (secondary N) is 2. The van der Waals surface area contributed by atoms with Crippen LogP contribution in [0, 0.1) is 13.8 Å². The summed E-state index contributed by atoms with van der Waals surface area (Å²) in [6.07, 6.45) is 1.40. The van der Waals surface area contributed by atoms with Gasteiger partial charge in [-0.25, -0.2) is 4.98 Å². The summed E-state index contributed by atoms with van der Waals surface area (Å²) in [7, 11) is 0. The molecule has 2 N–H and O–H groups in total. The van der Waals surface area contributed by atoms with Gasteiger partial charge in [0.1, 0.15) is 6.33 Å². The number of hydrogen-bond acceptors (Lipinski definition) is 5. The van der Waals surface area contributed by atoms with Crippen molar-refractivity contribution >= 4 is 23.3 Å². The summed E-state index contributed by atoms with van der Waals surface area (Å²) < 4.78 is 0. The minimum atomic E-state index is -0.320. The van der Waals surface area contributed by atoms with Crippen LogP contribution in [0.2, 0.25) is 0 Å². The number of hydrogen-bond donors (Lipinski definition) is 2. The monoisotopic (exact) mass is 292 g/mol. The van der Waals surface area contributed by atoms with Crippen LogP contribution in [-0.4, -0.2) is 37.0 Å². The van der Waals surface area contributed by atoms with Crippen molar-refractivity contribution < 1.29 is 9.59 Å². The fourth-order valence-corrected chi connectivity index (χ4v) is 2.97. The van der Waals surface area contributed by atoms with Gasteiger partial charge in [0.05, 0.1) is 10.9 Å². The Balaban J connectivity index is 2.25. The number of carbonyl (C=O) groups excluding carboxylic acids is 2. The molecule has 0 radical (unpaired) electrons. The first-order valence-electron chi connectivity index (χ1n) is 6.18. The van der Waals surface area contributed by atoms with E-state index < -0.39 is 0 Å². The molecule has 2 aromatic rings. The quantitative estimate of drug-likeness (QED) is 0.652. The molecule has 0 amide bonds. The van der Waals surface area contributed by atoms with Crippen LogP contribution in [0.25, 0.3) is 0 Å². The standard InChI is InChI=1S/C13H16N4O2S/c1-6-10(8(3)18)7(2)16-11(6)12(19)9(4)20-13-14-5-15-17-13/h5,9,16H,1-4H3,(H,14,15,17)/t9-/m0/s1. The number of nitrogens with zero attached hydrogens (tertiary/aromatic N) is 2. The molecule has 0 aliphatic rings. The van der Waals surface area contributed by atoms with E-state index in [2.05, 4.69) is 20.2 Å². The number of aryl methyl sites for hydroxylation is 1. The Kier molecular flexibility index (Phi) is 4.08. The predicted octanol–water partition coefficient (Wildman–Crippen LogP) is 2.32. The molecule has 2 heterocycles. The van der Waals surface area contributed by atoms with Gasteiger partial charge in [0.15, 0.2) is 16.7 Å². The third-order valence-corrected chi connectivity index (χ3v) is 4.07. The first-order chi connectivity index (χ1) is 9.41. The summed E-state index contributed by atoms with van der Waals surface area (Å²) in [5.41, 5.74) is 2.54. The van der Waals surface area contributed by atoms with Crippen molar-refractivity contribution in [1.29, 1.82) is 0 Å². The van der Waals surface area contributed by atoms with Crippen LogP contribution in [0.3, 0.4) is 0 Å². The maximum absolute atomic E-state index is 12.5. The van der Waals surface area contributed by atoms with Crippen molar-refractivity contribution in [3.63, 3.8) is 0 Å². The minimum absolute atomic E-state index is 0.0363. The molecule has 0 saturated heterocycles. The van der Waals surface area contributed by atoms with Gasteiger partial charge in [-0.15, -0.1) is 0 Å². The highest BCUT2D eigenvalue weighted by molar-refractivity contribution is 8.00. The van der Waals surface area contributed by atoms with E-state index >= 15 is 0 Å². The molecule has 7 heteroatoms. The highest BCUT2D eigenvalue weighted by atomic mass is 32.2. The van der Waals surface area contributed by atoms with Crippen molar-refractivity contribution in [2.24, 2.45) is 0 Å². The van der Waals surface area contributed by atoms with E-state index in [0.29, 0.717) is 22.0 Å². The van der Waals surface area contributed by atoms with Gasteiger partial charge in [-0.2, -0.15) is 5.10 Å². The molecule has 0 spiro atoms. The minimum Gasteiger partial charge on any atom is -0.355 e. The van der Waals surface area contributed by atoms with Gasteiger partial charge in [-0.05, 0) is 33.3 Å². The molecular weight excluding hydrogens is 276 g/mol. The zero-order valence-corrected chi connectivity index (χ0v) is 12.6. The van der Waals surface area contributed by atoms with Gasteiger partial charge < -0.3 is 4.98 Å². The van der Waals surface area contributed by atoms with Crippen LogP contribution >= 0.6 is 11.8 Å². The highest BCUT2D eigenvalue weighted by Crippen LogP contribution is 2.25. The van der Waals surface area contributed by atoms with E-state index in [1.165, 1.54) is 25.0 Å². The first kappa shape index (κ1) is 14.5. The lowest BCUT2D eigenvalue weighted by Crippen LogP contribution is -2.15. The third-order valence-electron chi connectivity index (χ3n) is 3.09. The molecule has 0 aromatic carbocycles. The van der Waals surface area contributed by atoms with Crippen molar-refractivity contribution in [2.75, 3.05) is 0 Å². The molecular formula is C13H16N4O2S. The Morgan fingerprint density at radius 2 is 2.05 bits per heavy atom. The molecule has 0 bridgehead atoms. The van der Waals surface area contributed by atoms with Crippen molar-refractivity contribution in [1.82, 2.24) is 20.2 Å². The number of aromatic amines is 2. The average Bonchev–Trinajstić information content (AvgIpc) is 2.96. The van der Waals surface area contributed by atoms with Gasteiger partial charge in [0.2, 0.25) is 0 Å². The lowest BCUT2D eigenvalue weighted by atomic mass is 10.0. The van der Waals surface area contributed by atoms with Gasteiger partial charge in [0, 0.05) is 11.3 Å². The normalized spacial score (nSPS) is 12.4. The fraction of sp³-hybridized carbons (Fsp3) is 0.385. The van der Waals surface area contributed by atoms with Crippen LogP contribution in [-0.2, 0) is 0 Å². The van der Waals surface area contributed by atoms with Crippen molar-refractivity contribution in [3.8, 4) is 0 Å². The van der Waals surface area contributed by atoms with E-state index in [0.717, 1.165) is 5.69 Å². The molecule has 106 valence electrons. The number of H-pyrrole nitrogens is 2. The SMILES string of the molecule is CC(=O)c1c(C)[nH]c(C(=O)[C@H](C)Sc2ncn[nH]2)c1C. The molecule has 2 rings (SSSR count). The maximum Gasteiger partial charge on any atom is 0.192 e. The van der Waals surface area contributed by atoms with Gasteiger partial charge in [-0.3, -0.25) is 14.7 Å². The number of carbonyl (C=O) groups is 2. The number of Topliss-reactive ketones (excluding diaryl/α,β-unsaturated/α-hetero) is 2. The topological polar surface area (TPSA) is 91.5 Å². The number of rotatable bonds is 5. The summed E-state index contributed by atoms with van der Waals surface area (Å²) in [6, 6.07) is 0. The van der Waals surface area contributed by atoms with E-state index in [1.807, 2.05) is 0 Å². The van der Waals surface area contributed by atoms with Gasteiger partial charge in [-0.1, -0.05) is 11.8 Å². The smallest absolute Gasteiger partial charge is 0.192 e. The maximum atomic E-state index is 12.5. The van der Waals surface area contributed by atoms with E-state index in [9.17, 15) is 9.59 Å². The van der Waals surface area contributed by atoms with E-state index in [4.69, 9.17) is 0 Å². The highest BCUT2D eigenvalue weighted by Gasteiger charge is 2.24. The van der Waals surface area contributed by atoms with Gasteiger partial charge >= 0.3 is 0 Å². The van der Waals surface area contributed by atoms with Crippen molar-refractivity contribution in [2.45, 2.75) is 38.1 Å². The second-order valence-electron chi connectivity index (χ2n) is 4.60. The van der Waals surface area contributed by atoms with E-state index in [1.54, 1.807) is 20.8 Å². The molecule has 0 unspecified atom stereocenters. The third kappa shape index (κ3) is 2.67. The Morgan fingerprint density at radius 3 is 2.55 bits per heavy atom. The molecule has 20 heavy (non-hydrogen) atoms. The number of ketones is 2. The molecule has 6 nitrogen and oxygen atoms in total.